The number of aliphatic carboxylic acids is 1. The van der Waals surface area contributed by atoms with E-state index in [2.05, 4.69) is 10.6 Å². The summed E-state index contributed by atoms with van der Waals surface area (Å²) in [4.78, 5) is 35.5. The Hall–Kier alpha value is -1.60. The number of carbonyl (C=O) groups excluding carboxylic acids is 2. The van der Waals surface area contributed by atoms with Gasteiger partial charge in [0, 0.05) is 11.3 Å². The zero-order chi connectivity index (χ0) is 17.4. The van der Waals surface area contributed by atoms with E-state index in [1.165, 1.54) is 11.3 Å². The van der Waals surface area contributed by atoms with Gasteiger partial charge in [0.05, 0.1) is 10.9 Å². The summed E-state index contributed by atoms with van der Waals surface area (Å²) >= 11 is 7.22. The molecule has 1 aromatic rings. The third-order valence-electron chi connectivity index (χ3n) is 3.01. The molecule has 0 fully saturated rings. The molecule has 0 aliphatic rings. The molecule has 1 atom stereocenters. The zero-order valence-electron chi connectivity index (χ0n) is 13.1. The van der Waals surface area contributed by atoms with Crippen molar-refractivity contribution in [3.63, 3.8) is 0 Å². The topological polar surface area (TPSA) is 95.5 Å². The molecule has 0 unspecified atom stereocenters. The van der Waals surface area contributed by atoms with Crippen molar-refractivity contribution in [1.29, 1.82) is 0 Å². The van der Waals surface area contributed by atoms with Crippen LogP contribution >= 0.6 is 22.9 Å². The summed E-state index contributed by atoms with van der Waals surface area (Å²) in [5.41, 5.74) is 0. The summed E-state index contributed by atoms with van der Waals surface area (Å²) in [6, 6.07) is 2.69. The minimum absolute atomic E-state index is 0.142. The second-order valence-electron chi connectivity index (χ2n) is 5.57. The van der Waals surface area contributed by atoms with Gasteiger partial charge in [0.25, 0.3) is 0 Å². The van der Waals surface area contributed by atoms with E-state index in [-0.39, 0.29) is 24.8 Å². The lowest BCUT2D eigenvalue weighted by molar-refractivity contribution is -0.142. The van der Waals surface area contributed by atoms with E-state index in [9.17, 15) is 14.4 Å². The summed E-state index contributed by atoms with van der Waals surface area (Å²) in [6.45, 7) is 3.52. The molecule has 1 heterocycles. The Kier molecular flexibility index (Phi) is 8.05. The van der Waals surface area contributed by atoms with Gasteiger partial charge in [0.2, 0.25) is 11.8 Å². The first-order chi connectivity index (χ1) is 10.8. The van der Waals surface area contributed by atoms with Crippen molar-refractivity contribution in [3.8, 4) is 0 Å². The molecule has 128 valence electrons. The smallest absolute Gasteiger partial charge is 0.326 e. The quantitative estimate of drug-likeness (QED) is 0.628. The second kappa shape index (κ2) is 9.52. The second-order valence-corrected chi connectivity index (χ2v) is 7.37. The maximum absolute atomic E-state index is 11.7. The van der Waals surface area contributed by atoms with Crippen LogP contribution in [-0.4, -0.2) is 35.5 Å². The van der Waals surface area contributed by atoms with Gasteiger partial charge in [0.1, 0.15) is 6.04 Å². The molecule has 0 bridgehead atoms. The number of hydrogen-bond donors (Lipinski definition) is 3. The van der Waals surface area contributed by atoms with Gasteiger partial charge in [-0.25, -0.2) is 4.79 Å². The maximum Gasteiger partial charge on any atom is 0.326 e. The van der Waals surface area contributed by atoms with Gasteiger partial charge in [-0.15, -0.1) is 11.3 Å². The van der Waals surface area contributed by atoms with E-state index in [1.807, 2.05) is 19.9 Å². The number of halogens is 1. The molecule has 23 heavy (non-hydrogen) atoms. The van der Waals surface area contributed by atoms with Crippen LogP contribution in [0.1, 0.15) is 31.6 Å². The molecule has 1 aromatic heterocycles. The molecule has 0 aliphatic heterocycles. The molecule has 0 radical (unpaired) electrons. The lowest BCUT2D eigenvalue weighted by atomic mass is 10.0. The number of amides is 2. The van der Waals surface area contributed by atoms with Gasteiger partial charge in [-0.2, -0.15) is 0 Å². The predicted octanol–water partition coefficient (Wildman–Crippen LogP) is 2.07. The van der Waals surface area contributed by atoms with Crippen molar-refractivity contribution in [2.24, 2.45) is 5.92 Å². The Morgan fingerprint density at radius 1 is 1.26 bits per heavy atom. The highest BCUT2D eigenvalue weighted by atomic mass is 35.5. The lowest BCUT2D eigenvalue weighted by Gasteiger charge is -2.16. The molecular formula is C15H21ClN2O4S. The first-order valence-corrected chi connectivity index (χ1v) is 8.50. The Bertz CT molecular complexity index is 559. The highest BCUT2D eigenvalue weighted by molar-refractivity contribution is 7.16. The van der Waals surface area contributed by atoms with Gasteiger partial charge in [-0.05, 0) is 30.9 Å². The summed E-state index contributed by atoms with van der Waals surface area (Å²) in [6.07, 6.45) is 1.14. The molecule has 0 aromatic carbocycles. The first kappa shape index (κ1) is 19.4. The van der Waals surface area contributed by atoms with Crippen molar-refractivity contribution >= 4 is 40.7 Å². The number of rotatable bonds is 9. The third-order valence-corrected chi connectivity index (χ3v) is 4.30. The van der Waals surface area contributed by atoms with Crippen LogP contribution in [0.3, 0.4) is 0 Å². The van der Waals surface area contributed by atoms with Crippen molar-refractivity contribution in [2.75, 3.05) is 6.54 Å². The number of carboxylic acid groups (broad SMARTS) is 1. The van der Waals surface area contributed by atoms with Crippen LogP contribution < -0.4 is 10.6 Å². The Balaban J connectivity index is 2.31. The van der Waals surface area contributed by atoms with Gasteiger partial charge >= 0.3 is 5.97 Å². The maximum atomic E-state index is 11.7. The molecule has 0 saturated carbocycles. The van der Waals surface area contributed by atoms with Gasteiger partial charge in [0.15, 0.2) is 0 Å². The summed E-state index contributed by atoms with van der Waals surface area (Å²) in [5.74, 6) is -1.71. The number of carbonyl (C=O) groups is 3. The lowest BCUT2D eigenvalue weighted by Crippen LogP contribution is -2.46. The van der Waals surface area contributed by atoms with Crippen LogP contribution in [-0.2, 0) is 20.8 Å². The average Bonchev–Trinajstić information content (AvgIpc) is 2.87. The molecule has 0 saturated heterocycles. The number of nitrogens with one attached hydrogen (secondary N) is 2. The van der Waals surface area contributed by atoms with Crippen LogP contribution in [0.4, 0.5) is 0 Å². The summed E-state index contributed by atoms with van der Waals surface area (Å²) in [7, 11) is 0. The van der Waals surface area contributed by atoms with Crippen LogP contribution in [0.25, 0.3) is 0 Å². The number of carboxylic acids is 1. The summed E-state index contributed by atoms with van der Waals surface area (Å²) < 4.78 is 0.671. The highest BCUT2D eigenvalue weighted by Crippen LogP contribution is 2.22. The average molecular weight is 361 g/mol. The number of aryl methyl sites for hydroxylation is 1. The SMILES string of the molecule is CC(C)C[C@H](NC(=O)CNC(=O)CCc1ccc(Cl)s1)C(=O)O. The molecular weight excluding hydrogens is 340 g/mol. The zero-order valence-corrected chi connectivity index (χ0v) is 14.7. The van der Waals surface area contributed by atoms with E-state index >= 15 is 0 Å². The monoisotopic (exact) mass is 360 g/mol. The largest absolute Gasteiger partial charge is 0.480 e. The molecule has 6 nitrogen and oxygen atoms in total. The van der Waals surface area contributed by atoms with Gasteiger partial charge < -0.3 is 15.7 Å². The summed E-state index contributed by atoms with van der Waals surface area (Å²) in [5, 5.41) is 13.9. The van der Waals surface area contributed by atoms with E-state index in [0.29, 0.717) is 17.2 Å². The minimum Gasteiger partial charge on any atom is -0.480 e. The standard InChI is InChI=1S/C15H21ClN2O4S/c1-9(2)7-11(15(21)22)18-14(20)8-17-13(19)6-4-10-3-5-12(16)23-10/h3,5,9,11H,4,6-8H2,1-2H3,(H,17,19)(H,18,20)(H,21,22)/t11-/m0/s1. The van der Waals surface area contributed by atoms with E-state index < -0.39 is 17.9 Å². The molecule has 3 N–H and O–H groups in total. The van der Waals surface area contributed by atoms with Crippen molar-refractivity contribution in [2.45, 2.75) is 39.2 Å². The Morgan fingerprint density at radius 2 is 1.96 bits per heavy atom. The Morgan fingerprint density at radius 3 is 2.48 bits per heavy atom. The normalized spacial score (nSPS) is 12.0. The van der Waals surface area contributed by atoms with Gasteiger partial charge in [-0.1, -0.05) is 25.4 Å². The van der Waals surface area contributed by atoms with Crippen molar-refractivity contribution in [3.05, 3.63) is 21.3 Å². The van der Waals surface area contributed by atoms with E-state index in [0.717, 1.165) is 4.88 Å². The van der Waals surface area contributed by atoms with E-state index in [1.54, 1.807) is 6.07 Å². The van der Waals surface area contributed by atoms with Crippen molar-refractivity contribution < 1.29 is 19.5 Å². The fourth-order valence-corrected chi connectivity index (χ4v) is 3.02. The van der Waals surface area contributed by atoms with Crippen LogP contribution in [0, 0.1) is 5.92 Å². The van der Waals surface area contributed by atoms with E-state index in [4.69, 9.17) is 16.7 Å². The Labute approximate surface area is 144 Å². The van der Waals surface area contributed by atoms with Crippen molar-refractivity contribution in [1.82, 2.24) is 10.6 Å². The van der Waals surface area contributed by atoms with Crippen LogP contribution in [0.15, 0.2) is 12.1 Å². The molecule has 0 spiro atoms. The minimum atomic E-state index is -1.08. The number of hydrogen-bond acceptors (Lipinski definition) is 4. The first-order valence-electron chi connectivity index (χ1n) is 7.31. The number of thiophene rings is 1. The van der Waals surface area contributed by atoms with Crippen LogP contribution in [0.5, 0.6) is 0 Å². The molecule has 8 heteroatoms. The third kappa shape index (κ3) is 7.99. The van der Waals surface area contributed by atoms with Crippen LogP contribution in [0.2, 0.25) is 4.34 Å². The fraction of sp³-hybridized carbons (Fsp3) is 0.533. The van der Waals surface area contributed by atoms with Gasteiger partial charge in [-0.3, -0.25) is 9.59 Å². The molecule has 2 amide bonds. The molecule has 0 aliphatic carbocycles. The predicted molar refractivity (Wildman–Crippen MR) is 89.7 cm³/mol. The molecule has 1 rings (SSSR count). The highest BCUT2D eigenvalue weighted by Gasteiger charge is 2.21. The fourth-order valence-electron chi connectivity index (χ4n) is 1.93.